The van der Waals surface area contributed by atoms with Gasteiger partial charge in [0.15, 0.2) is 0 Å². The van der Waals surface area contributed by atoms with Gasteiger partial charge < -0.3 is 5.32 Å². The number of hydrogen-bond donors (Lipinski definition) is 2. The molecule has 96 valence electrons. The van der Waals surface area contributed by atoms with Crippen molar-refractivity contribution in [1.82, 2.24) is 20.5 Å². The molecule has 0 aliphatic carbocycles. The van der Waals surface area contributed by atoms with Crippen molar-refractivity contribution in [3.63, 3.8) is 0 Å². The molecule has 1 aromatic heterocycles. The van der Waals surface area contributed by atoms with E-state index in [1.165, 1.54) is 12.8 Å². The van der Waals surface area contributed by atoms with Crippen LogP contribution in [0.5, 0.6) is 0 Å². The van der Waals surface area contributed by atoms with E-state index in [-0.39, 0.29) is 17.8 Å². The van der Waals surface area contributed by atoms with Gasteiger partial charge in [-0.2, -0.15) is 0 Å². The average molecular weight is 238 g/mol. The normalized spacial score (nSPS) is 12.4. The molecule has 1 aromatic rings. The van der Waals surface area contributed by atoms with E-state index >= 15 is 0 Å². The van der Waals surface area contributed by atoms with Crippen molar-refractivity contribution >= 4 is 5.91 Å². The van der Waals surface area contributed by atoms with Crippen LogP contribution in [0.2, 0.25) is 0 Å². The first kappa shape index (κ1) is 13.7. The first-order chi connectivity index (χ1) is 8.17. The number of aromatic nitrogens is 3. The fourth-order valence-electron chi connectivity index (χ4n) is 1.62. The monoisotopic (exact) mass is 238 g/mol. The number of carbonyl (C=O) groups is 1. The number of aryl methyl sites for hydroxylation is 1. The topological polar surface area (TPSA) is 70.7 Å². The molecular weight excluding hydrogens is 216 g/mol. The van der Waals surface area contributed by atoms with Crippen LogP contribution in [0, 0.1) is 0 Å². The molecule has 0 aliphatic rings. The maximum absolute atomic E-state index is 11.8. The third-order valence-corrected chi connectivity index (χ3v) is 2.69. The second kappa shape index (κ2) is 7.04. The molecule has 2 N–H and O–H groups in total. The van der Waals surface area contributed by atoms with Gasteiger partial charge in [0.05, 0.1) is 0 Å². The quantitative estimate of drug-likeness (QED) is 0.714. The third kappa shape index (κ3) is 4.54. The predicted octanol–water partition coefficient (Wildman–Crippen LogP) is 2.07. The molecule has 1 amide bonds. The first-order valence-electron chi connectivity index (χ1n) is 6.39. The molecule has 0 saturated carbocycles. The van der Waals surface area contributed by atoms with Crippen LogP contribution in [0.3, 0.4) is 0 Å². The van der Waals surface area contributed by atoms with Crippen molar-refractivity contribution in [1.29, 1.82) is 0 Å². The van der Waals surface area contributed by atoms with Crippen LogP contribution in [-0.4, -0.2) is 27.1 Å². The van der Waals surface area contributed by atoms with Gasteiger partial charge in [0.25, 0.3) is 5.91 Å². The van der Waals surface area contributed by atoms with Gasteiger partial charge in [-0.05, 0) is 13.3 Å². The van der Waals surface area contributed by atoms with E-state index in [0.29, 0.717) is 0 Å². The minimum atomic E-state index is -0.190. The largest absolute Gasteiger partial charge is 0.347 e. The minimum Gasteiger partial charge on any atom is -0.347 e. The summed E-state index contributed by atoms with van der Waals surface area (Å²) in [6, 6.07) is 0.178. The number of rotatable bonds is 7. The van der Waals surface area contributed by atoms with E-state index < -0.39 is 0 Å². The number of nitrogens with one attached hydrogen (secondary N) is 2. The molecule has 0 aliphatic heterocycles. The number of nitrogens with zero attached hydrogens (tertiary/aromatic N) is 2. The summed E-state index contributed by atoms with van der Waals surface area (Å²) in [5, 5.41) is 9.54. The smallest absolute Gasteiger partial charge is 0.291 e. The highest BCUT2D eigenvalue weighted by molar-refractivity contribution is 5.90. The van der Waals surface area contributed by atoms with Crippen molar-refractivity contribution in [2.45, 2.75) is 58.9 Å². The number of carbonyl (C=O) groups excluding carboxylic acids is 1. The zero-order chi connectivity index (χ0) is 12.7. The third-order valence-electron chi connectivity index (χ3n) is 2.69. The Morgan fingerprint density at radius 3 is 2.76 bits per heavy atom. The van der Waals surface area contributed by atoms with E-state index in [1.807, 2.05) is 13.8 Å². The lowest BCUT2D eigenvalue weighted by Crippen LogP contribution is -2.33. The lowest BCUT2D eigenvalue weighted by molar-refractivity contribution is 0.0927. The molecule has 1 unspecified atom stereocenters. The molecule has 5 nitrogen and oxygen atoms in total. The van der Waals surface area contributed by atoms with Gasteiger partial charge in [-0.15, -0.1) is 5.10 Å². The van der Waals surface area contributed by atoms with Gasteiger partial charge in [-0.25, -0.2) is 4.98 Å². The fourth-order valence-corrected chi connectivity index (χ4v) is 1.62. The van der Waals surface area contributed by atoms with Crippen molar-refractivity contribution in [3.05, 3.63) is 11.6 Å². The Kier molecular flexibility index (Phi) is 5.66. The molecule has 0 fully saturated rings. The summed E-state index contributed by atoms with van der Waals surface area (Å²) >= 11 is 0. The van der Waals surface area contributed by atoms with E-state index in [4.69, 9.17) is 0 Å². The number of amides is 1. The molecule has 0 saturated heterocycles. The summed E-state index contributed by atoms with van der Waals surface area (Å²) in [5.74, 6) is 0.794. The number of hydrogen-bond acceptors (Lipinski definition) is 3. The van der Waals surface area contributed by atoms with Gasteiger partial charge >= 0.3 is 0 Å². The Hall–Kier alpha value is -1.39. The van der Waals surface area contributed by atoms with Crippen molar-refractivity contribution < 1.29 is 4.79 Å². The summed E-state index contributed by atoms with van der Waals surface area (Å²) in [5.41, 5.74) is 0. The molecular formula is C12H22N4O. The Balaban J connectivity index is 2.37. The minimum absolute atomic E-state index is 0.178. The number of H-pyrrole nitrogens is 1. The second-order valence-corrected chi connectivity index (χ2v) is 4.33. The fraction of sp³-hybridized carbons (Fsp3) is 0.750. The van der Waals surface area contributed by atoms with Crippen molar-refractivity contribution in [2.24, 2.45) is 0 Å². The van der Waals surface area contributed by atoms with Crippen LogP contribution < -0.4 is 5.32 Å². The second-order valence-electron chi connectivity index (χ2n) is 4.33. The van der Waals surface area contributed by atoms with Crippen LogP contribution in [0.15, 0.2) is 0 Å². The highest BCUT2D eigenvalue weighted by Crippen LogP contribution is 2.03. The lowest BCUT2D eigenvalue weighted by atomic mass is 10.1. The van der Waals surface area contributed by atoms with Crippen LogP contribution in [0.25, 0.3) is 0 Å². The number of unbranched alkanes of at least 4 members (excludes halogenated alkanes) is 2. The van der Waals surface area contributed by atoms with Crippen LogP contribution in [0.1, 0.15) is 62.9 Å². The van der Waals surface area contributed by atoms with Gasteiger partial charge in [0, 0.05) is 12.5 Å². The molecule has 0 spiro atoms. The summed E-state index contributed by atoms with van der Waals surface area (Å²) in [6.45, 7) is 6.15. The number of aromatic amines is 1. The highest BCUT2D eigenvalue weighted by Gasteiger charge is 2.14. The summed E-state index contributed by atoms with van der Waals surface area (Å²) < 4.78 is 0. The molecule has 0 radical (unpaired) electrons. The van der Waals surface area contributed by atoms with Gasteiger partial charge in [0.1, 0.15) is 5.82 Å². The standard InChI is InChI=1S/C12H22N4O/c1-4-6-7-8-9(3)13-12(17)11-14-10(5-2)15-16-11/h9H,4-8H2,1-3H3,(H,13,17)(H,14,15,16). The Bertz CT molecular complexity index is 348. The lowest BCUT2D eigenvalue weighted by Gasteiger charge is -2.11. The Labute approximate surface area is 102 Å². The molecule has 1 atom stereocenters. The van der Waals surface area contributed by atoms with Crippen LogP contribution >= 0.6 is 0 Å². The molecule has 0 aromatic carbocycles. The zero-order valence-corrected chi connectivity index (χ0v) is 10.9. The maximum Gasteiger partial charge on any atom is 0.291 e. The van der Waals surface area contributed by atoms with Gasteiger partial charge in [-0.3, -0.25) is 9.89 Å². The molecule has 0 bridgehead atoms. The van der Waals surface area contributed by atoms with E-state index in [9.17, 15) is 4.79 Å². The summed E-state index contributed by atoms with van der Waals surface area (Å²) in [7, 11) is 0. The summed E-state index contributed by atoms with van der Waals surface area (Å²) in [6.07, 6.45) is 5.31. The van der Waals surface area contributed by atoms with Crippen LogP contribution in [-0.2, 0) is 6.42 Å². The summed E-state index contributed by atoms with van der Waals surface area (Å²) in [4.78, 5) is 15.9. The average Bonchev–Trinajstić information content (AvgIpc) is 2.78. The molecule has 1 rings (SSSR count). The maximum atomic E-state index is 11.8. The first-order valence-corrected chi connectivity index (χ1v) is 6.39. The SMILES string of the molecule is CCCCCC(C)NC(=O)c1n[nH]c(CC)n1. The van der Waals surface area contributed by atoms with Gasteiger partial charge in [0.2, 0.25) is 5.82 Å². The zero-order valence-electron chi connectivity index (χ0n) is 10.9. The molecule has 17 heavy (non-hydrogen) atoms. The van der Waals surface area contributed by atoms with Crippen molar-refractivity contribution in [3.8, 4) is 0 Å². The van der Waals surface area contributed by atoms with Crippen molar-refractivity contribution in [2.75, 3.05) is 0 Å². The molecule has 1 heterocycles. The highest BCUT2D eigenvalue weighted by atomic mass is 16.2. The molecule has 5 heteroatoms. The van der Waals surface area contributed by atoms with Gasteiger partial charge in [-0.1, -0.05) is 33.1 Å². The van der Waals surface area contributed by atoms with Crippen LogP contribution in [0.4, 0.5) is 0 Å². The Morgan fingerprint density at radius 2 is 2.18 bits per heavy atom. The van der Waals surface area contributed by atoms with E-state index in [0.717, 1.165) is 25.1 Å². The predicted molar refractivity (Wildman–Crippen MR) is 66.8 cm³/mol. The Morgan fingerprint density at radius 1 is 1.41 bits per heavy atom. The van der Waals surface area contributed by atoms with E-state index in [2.05, 4.69) is 27.4 Å². The van der Waals surface area contributed by atoms with E-state index in [1.54, 1.807) is 0 Å².